The molecule has 7 heteroatoms. The average Bonchev–Trinajstić information content (AvgIpc) is 2.87. The summed E-state index contributed by atoms with van der Waals surface area (Å²) in [6.07, 6.45) is 1.74. The van der Waals surface area contributed by atoms with Gasteiger partial charge in [0.05, 0.1) is 6.07 Å². The predicted octanol–water partition coefficient (Wildman–Crippen LogP) is 4.00. The van der Waals surface area contributed by atoms with Crippen molar-refractivity contribution >= 4 is 12.0 Å². The molecule has 2 aromatic rings. The molecule has 2 aromatic carbocycles. The van der Waals surface area contributed by atoms with Crippen LogP contribution in [0.15, 0.2) is 60.7 Å². The lowest BCUT2D eigenvalue weighted by atomic mass is 9.86. The van der Waals surface area contributed by atoms with Gasteiger partial charge in [-0.2, -0.15) is 5.26 Å². The van der Waals surface area contributed by atoms with Crippen LogP contribution >= 0.6 is 0 Å². The van der Waals surface area contributed by atoms with Crippen molar-refractivity contribution in [3.63, 3.8) is 0 Å². The summed E-state index contributed by atoms with van der Waals surface area (Å²) in [5, 5.41) is 16.1. The van der Waals surface area contributed by atoms with Gasteiger partial charge in [-0.05, 0) is 49.4 Å². The van der Waals surface area contributed by atoms with Crippen LogP contribution in [0.1, 0.15) is 43.7 Å². The second kappa shape index (κ2) is 12.8. The van der Waals surface area contributed by atoms with Crippen LogP contribution in [0.3, 0.4) is 0 Å². The zero-order valence-electron chi connectivity index (χ0n) is 19.8. The van der Waals surface area contributed by atoms with Crippen LogP contribution in [0.5, 0.6) is 0 Å². The molecule has 0 aromatic heterocycles. The minimum atomic E-state index is -0.794. The summed E-state index contributed by atoms with van der Waals surface area (Å²) in [5.74, 6) is 0.0316. The molecule has 1 aliphatic heterocycles. The van der Waals surface area contributed by atoms with Gasteiger partial charge in [-0.15, -0.1) is 0 Å². The van der Waals surface area contributed by atoms with Gasteiger partial charge in [0.2, 0.25) is 5.91 Å². The summed E-state index contributed by atoms with van der Waals surface area (Å²) in [5.41, 5.74) is 1.15. The predicted molar refractivity (Wildman–Crippen MR) is 130 cm³/mol. The second-order valence-electron chi connectivity index (χ2n) is 8.95. The molecular formula is C27H34N4O3. The number of hydrogen-bond acceptors (Lipinski definition) is 5. The average molecular weight is 463 g/mol. The molecule has 7 nitrogen and oxygen atoms in total. The maximum atomic E-state index is 13.4. The van der Waals surface area contributed by atoms with E-state index in [2.05, 4.69) is 16.7 Å². The quantitative estimate of drug-likeness (QED) is 0.557. The van der Waals surface area contributed by atoms with Crippen LogP contribution in [0.4, 0.5) is 4.79 Å². The molecule has 3 rings (SSSR count). The van der Waals surface area contributed by atoms with E-state index in [1.165, 1.54) is 0 Å². The van der Waals surface area contributed by atoms with Crippen molar-refractivity contribution in [2.75, 3.05) is 19.6 Å². The van der Waals surface area contributed by atoms with Crippen LogP contribution in [0, 0.1) is 17.2 Å². The van der Waals surface area contributed by atoms with E-state index in [0.29, 0.717) is 38.8 Å². The highest BCUT2D eigenvalue weighted by atomic mass is 16.5. The third-order valence-electron chi connectivity index (χ3n) is 6.28. The molecule has 2 amide bonds. The van der Waals surface area contributed by atoms with Crippen molar-refractivity contribution < 1.29 is 14.3 Å². The Morgan fingerprint density at radius 2 is 1.71 bits per heavy atom. The lowest BCUT2D eigenvalue weighted by Crippen LogP contribution is -2.55. The van der Waals surface area contributed by atoms with Crippen LogP contribution in [-0.4, -0.2) is 42.1 Å². The van der Waals surface area contributed by atoms with Gasteiger partial charge in [-0.1, -0.05) is 67.6 Å². The number of alkyl carbamates (subject to hydrolysis) is 1. The molecule has 0 saturated carbocycles. The Morgan fingerprint density at radius 3 is 2.32 bits per heavy atom. The highest BCUT2D eigenvalue weighted by molar-refractivity contribution is 5.78. The molecule has 0 bridgehead atoms. The van der Waals surface area contributed by atoms with Gasteiger partial charge in [-0.25, -0.2) is 4.79 Å². The SMILES string of the molecule is CC(CCNC(=O)OCc1ccccc1)CC(=O)N(Cc1ccccc1)C1(C#N)CCNCC1. The number of piperidine rings is 1. The number of nitrogens with one attached hydrogen (secondary N) is 2. The Bertz CT molecular complexity index is 953. The number of carbonyl (C=O) groups is 2. The standard InChI is InChI=1S/C27H34N4O3/c1-22(12-15-30-26(33)34-20-24-10-6-3-7-11-24)18-25(32)31(19-23-8-4-2-5-9-23)27(21-28)13-16-29-17-14-27/h2-11,22,29H,12-20H2,1H3,(H,30,33). The Morgan fingerprint density at radius 1 is 1.09 bits per heavy atom. The Kier molecular flexibility index (Phi) is 9.48. The maximum Gasteiger partial charge on any atom is 0.407 e. The second-order valence-corrected chi connectivity index (χ2v) is 8.95. The first kappa shape index (κ1) is 25.3. The van der Waals surface area contributed by atoms with Crippen LogP contribution < -0.4 is 10.6 Å². The molecule has 1 heterocycles. The molecule has 1 aliphatic rings. The van der Waals surface area contributed by atoms with Crippen molar-refractivity contribution in [1.82, 2.24) is 15.5 Å². The minimum absolute atomic E-state index is 0.0218. The van der Waals surface area contributed by atoms with E-state index in [4.69, 9.17) is 4.74 Å². The van der Waals surface area contributed by atoms with Gasteiger partial charge < -0.3 is 20.3 Å². The lowest BCUT2D eigenvalue weighted by Gasteiger charge is -2.42. The number of nitriles is 1. The minimum Gasteiger partial charge on any atom is -0.445 e. The highest BCUT2D eigenvalue weighted by Gasteiger charge is 2.41. The molecule has 0 aliphatic carbocycles. The summed E-state index contributed by atoms with van der Waals surface area (Å²) in [6, 6.07) is 21.8. The zero-order valence-corrected chi connectivity index (χ0v) is 19.8. The largest absolute Gasteiger partial charge is 0.445 e. The number of ether oxygens (including phenoxy) is 1. The summed E-state index contributed by atoms with van der Waals surface area (Å²) >= 11 is 0. The molecular weight excluding hydrogens is 428 g/mol. The first-order valence-corrected chi connectivity index (χ1v) is 11.9. The number of hydrogen-bond donors (Lipinski definition) is 2. The summed E-state index contributed by atoms with van der Waals surface area (Å²) < 4.78 is 5.24. The Labute approximate surface area is 202 Å². The zero-order chi connectivity index (χ0) is 24.2. The number of carbonyl (C=O) groups excluding carboxylic acids is 2. The number of amides is 2. The molecule has 180 valence electrons. The summed E-state index contributed by atoms with van der Waals surface area (Å²) in [7, 11) is 0. The van der Waals surface area contributed by atoms with Crippen molar-refractivity contribution in [1.29, 1.82) is 5.26 Å². The lowest BCUT2D eigenvalue weighted by molar-refractivity contribution is -0.138. The van der Waals surface area contributed by atoms with Gasteiger partial charge in [0, 0.05) is 19.5 Å². The highest BCUT2D eigenvalue weighted by Crippen LogP contribution is 2.29. The molecule has 34 heavy (non-hydrogen) atoms. The van der Waals surface area contributed by atoms with Gasteiger partial charge in [0.25, 0.3) is 0 Å². The van der Waals surface area contributed by atoms with Gasteiger partial charge in [-0.3, -0.25) is 4.79 Å². The number of rotatable bonds is 10. The molecule has 1 saturated heterocycles. The van der Waals surface area contributed by atoms with Crippen molar-refractivity contribution in [3.8, 4) is 6.07 Å². The monoisotopic (exact) mass is 462 g/mol. The Balaban J connectivity index is 1.52. The number of benzene rings is 2. The van der Waals surface area contributed by atoms with E-state index in [9.17, 15) is 14.9 Å². The van der Waals surface area contributed by atoms with Crippen molar-refractivity contribution in [2.45, 2.75) is 51.3 Å². The normalized spacial score (nSPS) is 15.5. The molecule has 0 radical (unpaired) electrons. The van der Waals surface area contributed by atoms with Gasteiger partial charge >= 0.3 is 6.09 Å². The fraction of sp³-hybridized carbons (Fsp3) is 0.444. The number of nitrogens with zero attached hydrogens (tertiary/aromatic N) is 2. The smallest absolute Gasteiger partial charge is 0.407 e. The Hall–Kier alpha value is -3.37. The summed E-state index contributed by atoms with van der Waals surface area (Å²) in [4.78, 5) is 27.2. The molecule has 1 atom stereocenters. The van der Waals surface area contributed by atoms with E-state index in [1.54, 1.807) is 4.90 Å². The van der Waals surface area contributed by atoms with E-state index < -0.39 is 11.6 Å². The molecule has 2 N–H and O–H groups in total. The topological polar surface area (TPSA) is 94.5 Å². The fourth-order valence-corrected chi connectivity index (χ4v) is 4.23. The van der Waals surface area contributed by atoms with Gasteiger partial charge in [0.15, 0.2) is 0 Å². The summed E-state index contributed by atoms with van der Waals surface area (Å²) in [6.45, 7) is 4.50. The van der Waals surface area contributed by atoms with Crippen LogP contribution in [-0.2, 0) is 22.7 Å². The fourth-order valence-electron chi connectivity index (χ4n) is 4.23. The van der Waals surface area contributed by atoms with E-state index in [0.717, 1.165) is 24.2 Å². The first-order valence-electron chi connectivity index (χ1n) is 11.9. The molecule has 1 fully saturated rings. The van der Waals surface area contributed by atoms with Crippen LogP contribution in [0.2, 0.25) is 0 Å². The molecule has 1 unspecified atom stereocenters. The van der Waals surface area contributed by atoms with E-state index in [1.807, 2.05) is 67.6 Å². The van der Waals surface area contributed by atoms with Gasteiger partial charge in [0.1, 0.15) is 12.1 Å². The van der Waals surface area contributed by atoms with Crippen LogP contribution in [0.25, 0.3) is 0 Å². The third-order valence-corrected chi connectivity index (χ3v) is 6.28. The maximum absolute atomic E-state index is 13.4. The third kappa shape index (κ3) is 7.32. The van der Waals surface area contributed by atoms with E-state index >= 15 is 0 Å². The van der Waals surface area contributed by atoms with Crippen molar-refractivity contribution in [3.05, 3.63) is 71.8 Å². The molecule has 0 spiro atoms. The van der Waals surface area contributed by atoms with Crippen molar-refractivity contribution in [2.24, 2.45) is 5.92 Å². The van der Waals surface area contributed by atoms with E-state index in [-0.39, 0.29) is 18.4 Å². The first-order chi connectivity index (χ1) is 16.5.